The van der Waals surface area contributed by atoms with E-state index in [0.29, 0.717) is 51.6 Å². The van der Waals surface area contributed by atoms with Gasteiger partial charge in [-0.05, 0) is 18.2 Å². The van der Waals surface area contributed by atoms with E-state index >= 15 is 0 Å². The number of morpholine rings is 1. The van der Waals surface area contributed by atoms with Gasteiger partial charge in [0.25, 0.3) is 5.91 Å². The highest BCUT2D eigenvalue weighted by Gasteiger charge is 2.28. The van der Waals surface area contributed by atoms with Gasteiger partial charge in [-0.3, -0.25) is 14.6 Å². The van der Waals surface area contributed by atoms with Crippen LogP contribution < -0.4 is 4.90 Å². The number of hydrogen-bond acceptors (Lipinski definition) is 8. The number of aromatic nitrogens is 1. The number of rotatable bonds is 6. The molecule has 0 aliphatic carbocycles. The van der Waals surface area contributed by atoms with Crippen LogP contribution >= 0.6 is 46.7 Å². The predicted octanol–water partition coefficient (Wildman–Crippen LogP) is 4.97. The molecule has 0 atom stereocenters. The highest BCUT2D eigenvalue weighted by molar-refractivity contribution is 7.91. The average molecular weight is 573 g/mol. The molecule has 0 spiro atoms. The molecule has 1 aliphatic heterocycles. The Morgan fingerprint density at radius 1 is 1.11 bits per heavy atom. The molecule has 0 unspecified atom stereocenters. The van der Waals surface area contributed by atoms with Crippen LogP contribution in [0.2, 0.25) is 5.02 Å². The maximum Gasteiger partial charge on any atom is 0.271 e. The lowest BCUT2D eigenvalue weighted by Crippen LogP contribution is -2.43. The fraction of sp³-hybridized carbons (Fsp3) is 0.304. The summed E-state index contributed by atoms with van der Waals surface area (Å²) in [6.45, 7) is 3.96. The Morgan fingerprint density at radius 3 is 2.54 bits per heavy atom. The van der Waals surface area contributed by atoms with Crippen molar-refractivity contribution in [1.29, 1.82) is 0 Å². The Balaban J connectivity index is 0.00000289. The highest BCUT2D eigenvalue weighted by Crippen LogP contribution is 2.38. The third-order valence-corrected chi connectivity index (χ3v) is 9.55. The molecule has 35 heavy (non-hydrogen) atoms. The van der Waals surface area contributed by atoms with Crippen molar-refractivity contribution in [2.24, 2.45) is 0 Å². The van der Waals surface area contributed by atoms with Crippen LogP contribution in [0, 0.1) is 0 Å². The number of hydrogen-bond donors (Lipinski definition) is 0. The number of thiophene rings is 1. The number of para-hydroxylation sites is 1. The van der Waals surface area contributed by atoms with E-state index in [1.54, 1.807) is 17.0 Å². The molecule has 0 saturated carbocycles. The maximum absolute atomic E-state index is 13.8. The molecule has 1 saturated heterocycles. The molecule has 0 radical (unpaired) electrons. The van der Waals surface area contributed by atoms with Crippen LogP contribution in [0.4, 0.5) is 5.13 Å². The smallest absolute Gasteiger partial charge is 0.271 e. The van der Waals surface area contributed by atoms with E-state index in [-0.39, 0.29) is 23.2 Å². The molecular formula is C23H23Cl2N3O4S3. The first kappa shape index (κ1) is 26.3. The molecule has 5 rings (SSSR count). The Labute approximate surface area is 222 Å². The molecule has 3 heterocycles. The first-order valence-electron chi connectivity index (χ1n) is 10.7. The Bertz CT molecular complexity index is 1480. The second kappa shape index (κ2) is 10.7. The summed E-state index contributed by atoms with van der Waals surface area (Å²) in [6.07, 6.45) is 1.17. The Hall–Kier alpha value is -1.79. The minimum Gasteiger partial charge on any atom is -0.379 e. The van der Waals surface area contributed by atoms with E-state index in [1.807, 2.05) is 30.3 Å². The summed E-state index contributed by atoms with van der Waals surface area (Å²) < 4.78 is 31.7. The summed E-state index contributed by atoms with van der Waals surface area (Å²) in [5.41, 5.74) is 0.386. The molecule has 2 aromatic carbocycles. The van der Waals surface area contributed by atoms with Crippen LogP contribution in [0.25, 0.3) is 20.3 Å². The van der Waals surface area contributed by atoms with E-state index in [1.165, 1.54) is 28.9 Å². The van der Waals surface area contributed by atoms with E-state index in [0.717, 1.165) is 23.2 Å². The molecule has 2 aromatic heterocycles. The van der Waals surface area contributed by atoms with Crippen LogP contribution in [0.3, 0.4) is 0 Å². The van der Waals surface area contributed by atoms with Gasteiger partial charge in [0.15, 0.2) is 15.0 Å². The van der Waals surface area contributed by atoms with E-state index < -0.39 is 9.84 Å². The molecule has 1 fully saturated rings. The summed E-state index contributed by atoms with van der Waals surface area (Å²) >= 11 is 9.30. The number of amides is 1. The van der Waals surface area contributed by atoms with Crippen molar-refractivity contribution >= 4 is 87.9 Å². The van der Waals surface area contributed by atoms with Crippen LogP contribution in [0.15, 0.2) is 47.4 Å². The van der Waals surface area contributed by atoms with Crippen molar-refractivity contribution in [1.82, 2.24) is 9.88 Å². The number of anilines is 1. The van der Waals surface area contributed by atoms with Crippen molar-refractivity contribution in [3.8, 4) is 0 Å². The number of thiazole rings is 1. The monoisotopic (exact) mass is 571 g/mol. The molecular weight excluding hydrogens is 549 g/mol. The quantitative estimate of drug-likeness (QED) is 0.325. The van der Waals surface area contributed by atoms with Crippen molar-refractivity contribution < 1.29 is 17.9 Å². The minimum absolute atomic E-state index is 0. The zero-order chi connectivity index (χ0) is 23.9. The fourth-order valence-corrected chi connectivity index (χ4v) is 7.33. The molecule has 0 bridgehead atoms. The highest BCUT2D eigenvalue weighted by atomic mass is 35.5. The summed E-state index contributed by atoms with van der Waals surface area (Å²) in [5, 5.41) is 1.73. The van der Waals surface area contributed by atoms with Crippen LogP contribution in [0.5, 0.6) is 0 Å². The Morgan fingerprint density at radius 2 is 1.83 bits per heavy atom. The van der Waals surface area contributed by atoms with Crippen molar-refractivity contribution in [2.45, 2.75) is 4.90 Å². The normalized spacial score (nSPS) is 14.8. The van der Waals surface area contributed by atoms with Gasteiger partial charge in [0.2, 0.25) is 0 Å². The molecule has 1 aliphatic rings. The predicted molar refractivity (Wildman–Crippen MR) is 146 cm³/mol. The van der Waals surface area contributed by atoms with Gasteiger partial charge in [0.1, 0.15) is 10.4 Å². The summed E-state index contributed by atoms with van der Waals surface area (Å²) in [6, 6.07) is 12.7. The first-order chi connectivity index (χ1) is 16.3. The van der Waals surface area contributed by atoms with Crippen molar-refractivity contribution in [3.63, 3.8) is 0 Å². The van der Waals surface area contributed by atoms with Crippen LogP contribution in [0.1, 0.15) is 9.67 Å². The first-order valence-corrected chi connectivity index (χ1v) is 14.6. The number of carbonyl (C=O) groups is 1. The minimum atomic E-state index is -3.47. The number of halogens is 2. The van der Waals surface area contributed by atoms with Gasteiger partial charge in [0, 0.05) is 42.5 Å². The fourth-order valence-electron chi connectivity index (χ4n) is 3.95. The van der Waals surface area contributed by atoms with Crippen LogP contribution in [-0.4, -0.2) is 69.9 Å². The third kappa shape index (κ3) is 5.34. The zero-order valence-corrected chi connectivity index (χ0v) is 22.8. The number of sulfone groups is 1. The van der Waals surface area contributed by atoms with Crippen molar-refractivity contribution in [3.05, 3.63) is 52.4 Å². The maximum atomic E-state index is 13.8. The molecule has 12 heteroatoms. The van der Waals surface area contributed by atoms with Crippen molar-refractivity contribution in [2.75, 3.05) is 50.5 Å². The second-order valence-corrected chi connectivity index (χ2v) is 12.4. The summed E-state index contributed by atoms with van der Waals surface area (Å²) in [7, 11) is -3.47. The van der Waals surface area contributed by atoms with Gasteiger partial charge in [-0.2, -0.15) is 0 Å². The van der Waals surface area contributed by atoms with Gasteiger partial charge in [-0.1, -0.05) is 47.2 Å². The SMILES string of the molecule is CS(=O)(=O)c1cccc2sc(N(CCN3CCOCC3)C(=O)c3sc4ccccc4c3Cl)nc12.Cl. The van der Waals surface area contributed by atoms with Gasteiger partial charge >= 0.3 is 0 Å². The van der Waals surface area contributed by atoms with E-state index in [9.17, 15) is 13.2 Å². The Kier molecular flexibility index (Phi) is 8.02. The number of fused-ring (bicyclic) bond motifs is 2. The molecule has 186 valence electrons. The lowest BCUT2D eigenvalue weighted by atomic mass is 10.2. The second-order valence-electron chi connectivity index (χ2n) is 8.02. The van der Waals surface area contributed by atoms with Gasteiger partial charge < -0.3 is 4.74 Å². The topological polar surface area (TPSA) is 79.8 Å². The average Bonchev–Trinajstić information content (AvgIpc) is 3.40. The number of carbonyl (C=O) groups excluding carboxylic acids is 1. The number of ether oxygens (including phenoxy) is 1. The summed E-state index contributed by atoms with van der Waals surface area (Å²) in [4.78, 5) is 22.9. The molecule has 0 N–H and O–H groups in total. The number of nitrogens with zero attached hydrogens (tertiary/aromatic N) is 3. The molecule has 7 nitrogen and oxygen atoms in total. The zero-order valence-electron chi connectivity index (χ0n) is 18.8. The van der Waals surface area contributed by atoms with E-state index in [2.05, 4.69) is 9.88 Å². The van der Waals surface area contributed by atoms with E-state index in [4.69, 9.17) is 16.3 Å². The third-order valence-electron chi connectivity index (χ3n) is 5.72. The standard InChI is InChI=1S/C23H22ClN3O4S3.ClH/c1-34(29,30)18-8-4-7-17-20(18)25-23(33-17)27(10-9-26-11-13-31-14-12-26)22(28)21-19(24)15-5-2-3-6-16(15)32-21;/h2-8H,9-14H2,1H3;1H. The number of benzene rings is 2. The lowest BCUT2D eigenvalue weighted by Gasteiger charge is -2.29. The van der Waals surface area contributed by atoms with Crippen LogP contribution in [-0.2, 0) is 14.6 Å². The largest absolute Gasteiger partial charge is 0.379 e. The summed E-state index contributed by atoms with van der Waals surface area (Å²) in [5.74, 6) is -0.237. The lowest BCUT2D eigenvalue weighted by molar-refractivity contribution is 0.0391. The molecule has 1 amide bonds. The van der Waals surface area contributed by atoms with Gasteiger partial charge in [-0.15, -0.1) is 23.7 Å². The molecule has 4 aromatic rings. The van der Waals surface area contributed by atoms with Gasteiger partial charge in [0.05, 0.1) is 27.8 Å². The van der Waals surface area contributed by atoms with Gasteiger partial charge in [-0.25, -0.2) is 13.4 Å².